The average Bonchev–Trinajstić information content (AvgIpc) is 3.00. The van der Waals surface area contributed by atoms with Crippen molar-refractivity contribution in [3.05, 3.63) is 29.6 Å². The maximum Gasteiger partial charge on any atom is 0.168 e. The predicted molar refractivity (Wildman–Crippen MR) is 49.3 cm³/mol. The van der Waals surface area contributed by atoms with E-state index >= 15 is 0 Å². The molecule has 0 unspecified atom stereocenters. The number of rotatable bonds is 3. The maximum absolute atomic E-state index is 10.7. The first-order valence-electron chi connectivity index (χ1n) is 4.48. The van der Waals surface area contributed by atoms with Crippen molar-refractivity contribution in [1.82, 2.24) is 4.98 Å². The summed E-state index contributed by atoms with van der Waals surface area (Å²) in [7, 11) is 0. The number of nitrogens with two attached hydrogens (primary N) is 1. The van der Waals surface area contributed by atoms with E-state index in [1.807, 2.05) is 12.1 Å². The van der Waals surface area contributed by atoms with E-state index in [1.54, 1.807) is 6.20 Å². The number of nitrogens with zero attached hydrogens (tertiary/aromatic N) is 1. The summed E-state index contributed by atoms with van der Waals surface area (Å²) in [5, 5.41) is 0. The number of aldehydes is 1. The van der Waals surface area contributed by atoms with Crippen LogP contribution in [0, 0.1) is 5.92 Å². The lowest BCUT2D eigenvalue weighted by molar-refractivity contribution is 0.111. The molecule has 3 heteroatoms. The van der Waals surface area contributed by atoms with Crippen LogP contribution >= 0.6 is 0 Å². The highest BCUT2D eigenvalue weighted by molar-refractivity contribution is 5.74. The van der Waals surface area contributed by atoms with E-state index in [1.165, 1.54) is 12.8 Å². The molecule has 0 saturated heterocycles. The Hall–Kier alpha value is -1.22. The van der Waals surface area contributed by atoms with E-state index in [0.717, 1.165) is 11.8 Å². The summed E-state index contributed by atoms with van der Waals surface area (Å²) in [4.78, 5) is 14.6. The van der Waals surface area contributed by atoms with Gasteiger partial charge < -0.3 is 5.73 Å². The Morgan fingerprint density at radius 1 is 1.62 bits per heavy atom. The highest BCUT2D eigenvalue weighted by Gasteiger charge is 2.30. The monoisotopic (exact) mass is 176 g/mol. The van der Waals surface area contributed by atoms with Crippen molar-refractivity contribution in [2.75, 3.05) is 0 Å². The molecule has 1 aromatic rings. The van der Waals surface area contributed by atoms with Crippen molar-refractivity contribution in [3.8, 4) is 0 Å². The molecular weight excluding hydrogens is 164 g/mol. The van der Waals surface area contributed by atoms with Crippen LogP contribution in [0.5, 0.6) is 0 Å². The molecule has 68 valence electrons. The van der Waals surface area contributed by atoms with E-state index in [0.29, 0.717) is 11.6 Å². The fourth-order valence-corrected chi connectivity index (χ4v) is 1.52. The largest absolute Gasteiger partial charge is 0.324 e. The molecule has 3 nitrogen and oxygen atoms in total. The van der Waals surface area contributed by atoms with Crippen molar-refractivity contribution < 1.29 is 4.79 Å². The third kappa shape index (κ3) is 1.60. The second kappa shape index (κ2) is 3.26. The van der Waals surface area contributed by atoms with Crippen molar-refractivity contribution in [2.45, 2.75) is 18.9 Å². The van der Waals surface area contributed by atoms with Crippen molar-refractivity contribution >= 4 is 6.29 Å². The molecule has 0 spiro atoms. The van der Waals surface area contributed by atoms with Crippen LogP contribution in [-0.2, 0) is 0 Å². The van der Waals surface area contributed by atoms with Crippen molar-refractivity contribution in [1.29, 1.82) is 0 Å². The molecule has 1 atom stereocenters. The molecule has 0 radical (unpaired) electrons. The minimum absolute atomic E-state index is 0.00565. The normalized spacial score (nSPS) is 18.2. The van der Waals surface area contributed by atoms with Gasteiger partial charge in [0.2, 0.25) is 0 Å². The van der Waals surface area contributed by atoms with Crippen molar-refractivity contribution in [3.63, 3.8) is 0 Å². The zero-order valence-corrected chi connectivity index (χ0v) is 7.31. The third-order valence-corrected chi connectivity index (χ3v) is 2.47. The van der Waals surface area contributed by atoms with Crippen LogP contribution in [0.4, 0.5) is 0 Å². The van der Waals surface area contributed by atoms with Gasteiger partial charge in [0.05, 0.1) is 0 Å². The van der Waals surface area contributed by atoms with Crippen LogP contribution in [0.1, 0.15) is 34.9 Å². The van der Waals surface area contributed by atoms with Crippen LogP contribution in [0.2, 0.25) is 0 Å². The molecule has 1 saturated carbocycles. The topological polar surface area (TPSA) is 56.0 Å². The first-order chi connectivity index (χ1) is 6.33. The molecule has 0 aromatic carbocycles. The molecule has 1 heterocycles. The summed E-state index contributed by atoms with van der Waals surface area (Å²) in [5.74, 6) is 0.558. The maximum atomic E-state index is 10.7. The summed E-state index contributed by atoms with van der Waals surface area (Å²) < 4.78 is 0. The molecular formula is C10H12N2O. The van der Waals surface area contributed by atoms with Crippen LogP contribution < -0.4 is 5.73 Å². The van der Waals surface area contributed by atoms with Gasteiger partial charge in [0.25, 0.3) is 0 Å². The van der Waals surface area contributed by atoms with Gasteiger partial charge in [0, 0.05) is 12.2 Å². The molecule has 1 aliphatic rings. The molecule has 2 rings (SSSR count). The first kappa shape index (κ1) is 8.38. The van der Waals surface area contributed by atoms with Gasteiger partial charge in [-0.15, -0.1) is 0 Å². The van der Waals surface area contributed by atoms with E-state index in [-0.39, 0.29) is 6.04 Å². The fourth-order valence-electron chi connectivity index (χ4n) is 1.52. The Balaban J connectivity index is 2.31. The van der Waals surface area contributed by atoms with E-state index in [9.17, 15) is 4.79 Å². The lowest BCUT2D eigenvalue weighted by atomic mass is 10.0. The van der Waals surface area contributed by atoms with Crippen LogP contribution in [0.3, 0.4) is 0 Å². The Kier molecular flexibility index (Phi) is 2.10. The number of carbonyl (C=O) groups is 1. The first-order valence-corrected chi connectivity index (χ1v) is 4.48. The molecule has 0 amide bonds. The molecule has 1 fully saturated rings. The number of pyridine rings is 1. The highest BCUT2D eigenvalue weighted by Crippen LogP contribution is 2.39. The van der Waals surface area contributed by atoms with Gasteiger partial charge in [-0.05, 0) is 30.4 Å². The van der Waals surface area contributed by atoms with Gasteiger partial charge >= 0.3 is 0 Å². The minimum Gasteiger partial charge on any atom is -0.324 e. The summed E-state index contributed by atoms with van der Waals surface area (Å²) in [6.45, 7) is 0. The number of hydrogen-bond acceptors (Lipinski definition) is 3. The third-order valence-electron chi connectivity index (χ3n) is 2.47. The van der Waals surface area contributed by atoms with E-state index < -0.39 is 0 Å². The van der Waals surface area contributed by atoms with E-state index in [4.69, 9.17) is 5.73 Å². The van der Waals surface area contributed by atoms with Gasteiger partial charge in [0.1, 0.15) is 5.69 Å². The Morgan fingerprint density at radius 3 is 3.00 bits per heavy atom. The molecule has 1 aliphatic carbocycles. The van der Waals surface area contributed by atoms with Gasteiger partial charge in [-0.3, -0.25) is 9.78 Å². The minimum atomic E-state index is -0.00565. The lowest BCUT2D eigenvalue weighted by Gasteiger charge is -2.11. The van der Waals surface area contributed by atoms with Gasteiger partial charge in [-0.25, -0.2) is 0 Å². The Morgan fingerprint density at radius 2 is 2.38 bits per heavy atom. The number of aromatic nitrogens is 1. The average molecular weight is 176 g/mol. The number of hydrogen-bond donors (Lipinski definition) is 1. The molecule has 0 bridgehead atoms. The highest BCUT2D eigenvalue weighted by atomic mass is 16.1. The van der Waals surface area contributed by atoms with Gasteiger partial charge in [-0.1, -0.05) is 6.07 Å². The SMILES string of the molecule is N[C@@H](c1cccnc1C=O)C1CC1. The van der Waals surface area contributed by atoms with Crippen LogP contribution in [0.15, 0.2) is 18.3 Å². The van der Waals surface area contributed by atoms with Gasteiger partial charge in [-0.2, -0.15) is 0 Å². The summed E-state index contributed by atoms with van der Waals surface area (Å²) in [5.41, 5.74) is 7.35. The molecule has 0 aliphatic heterocycles. The Bertz CT molecular complexity index is 320. The van der Waals surface area contributed by atoms with Gasteiger partial charge in [0.15, 0.2) is 6.29 Å². The molecule has 1 aromatic heterocycles. The van der Waals surface area contributed by atoms with Crippen molar-refractivity contribution in [2.24, 2.45) is 11.7 Å². The molecule has 13 heavy (non-hydrogen) atoms. The Labute approximate surface area is 77.0 Å². The fraction of sp³-hybridized carbons (Fsp3) is 0.400. The smallest absolute Gasteiger partial charge is 0.168 e. The zero-order chi connectivity index (χ0) is 9.26. The summed E-state index contributed by atoms with van der Waals surface area (Å²) in [6, 6.07) is 3.71. The summed E-state index contributed by atoms with van der Waals surface area (Å²) in [6.07, 6.45) is 4.74. The second-order valence-corrected chi connectivity index (χ2v) is 3.46. The quantitative estimate of drug-likeness (QED) is 0.706. The zero-order valence-electron chi connectivity index (χ0n) is 7.31. The number of carbonyl (C=O) groups excluding carboxylic acids is 1. The van der Waals surface area contributed by atoms with Crippen LogP contribution in [0.25, 0.3) is 0 Å². The van der Waals surface area contributed by atoms with E-state index in [2.05, 4.69) is 4.98 Å². The van der Waals surface area contributed by atoms with Crippen LogP contribution in [-0.4, -0.2) is 11.3 Å². The standard InChI is InChI=1S/C10H12N2O/c11-10(7-3-4-7)8-2-1-5-12-9(8)6-13/h1-2,5-7,10H,3-4,11H2/t10-/m1/s1. The summed E-state index contributed by atoms with van der Waals surface area (Å²) >= 11 is 0. The lowest BCUT2D eigenvalue weighted by Crippen LogP contribution is -2.15. The predicted octanol–water partition coefficient (Wildman–Crippen LogP) is 1.30. The second-order valence-electron chi connectivity index (χ2n) is 3.46. The molecule has 2 N–H and O–H groups in total.